The van der Waals surface area contributed by atoms with Crippen LogP contribution in [0.25, 0.3) is 4.96 Å². The fourth-order valence-electron chi connectivity index (χ4n) is 0.858. The second kappa shape index (κ2) is 3.08. The van der Waals surface area contributed by atoms with Gasteiger partial charge in [-0.05, 0) is 13.2 Å². The van der Waals surface area contributed by atoms with E-state index < -0.39 is 0 Å². The summed E-state index contributed by atoms with van der Waals surface area (Å²) in [6.07, 6.45) is 1.91. The van der Waals surface area contributed by atoms with Gasteiger partial charge in [-0.15, -0.1) is 15.3 Å². The van der Waals surface area contributed by atoms with Crippen LogP contribution in [-0.4, -0.2) is 26.1 Å². The highest BCUT2D eigenvalue weighted by Crippen LogP contribution is 2.19. The Morgan fingerprint density at radius 2 is 2.23 bits per heavy atom. The van der Waals surface area contributed by atoms with Gasteiger partial charge in [0, 0.05) is 0 Å². The van der Waals surface area contributed by atoms with Crippen molar-refractivity contribution in [1.82, 2.24) is 19.8 Å². The first kappa shape index (κ1) is 8.64. The Morgan fingerprint density at radius 3 is 2.92 bits per heavy atom. The summed E-state index contributed by atoms with van der Waals surface area (Å²) in [5, 5.41) is 11.7. The summed E-state index contributed by atoms with van der Waals surface area (Å²) in [5.41, 5.74) is 0.178. The Morgan fingerprint density at radius 1 is 1.46 bits per heavy atom. The Kier molecular flexibility index (Phi) is 2.04. The van der Waals surface area contributed by atoms with E-state index in [9.17, 15) is 4.79 Å². The van der Waals surface area contributed by atoms with Gasteiger partial charge in [-0.25, -0.2) is 0 Å². The van der Waals surface area contributed by atoms with Gasteiger partial charge in [0.05, 0.1) is 0 Å². The SMILES string of the molecule is CSc1nn2c(=O)c(C)nnc2s1. The lowest BCUT2D eigenvalue weighted by atomic mass is 10.5. The van der Waals surface area contributed by atoms with Crippen LogP contribution in [0, 0.1) is 6.92 Å². The van der Waals surface area contributed by atoms with Gasteiger partial charge in [0.1, 0.15) is 5.69 Å². The van der Waals surface area contributed by atoms with Gasteiger partial charge < -0.3 is 0 Å². The zero-order valence-corrected chi connectivity index (χ0v) is 8.65. The van der Waals surface area contributed by atoms with E-state index in [1.54, 1.807) is 6.92 Å². The van der Waals surface area contributed by atoms with Crippen LogP contribution < -0.4 is 5.56 Å². The topological polar surface area (TPSA) is 60.2 Å². The number of rotatable bonds is 1. The van der Waals surface area contributed by atoms with E-state index in [2.05, 4.69) is 15.3 Å². The smallest absolute Gasteiger partial charge is 0.265 e. The normalized spacial score (nSPS) is 10.9. The average Bonchev–Trinajstić information content (AvgIpc) is 2.55. The summed E-state index contributed by atoms with van der Waals surface area (Å²) in [6, 6.07) is 0. The molecule has 0 aliphatic rings. The molecule has 2 rings (SSSR count). The average molecular weight is 214 g/mol. The molecule has 7 heteroatoms. The molecule has 0 N–H and O–H groups in total. The predicted molar refractivity (Wildman–Crippen MR) is 51.4 cm³/mol. The molecule has 0 bridgehead atoms. The van der Waals surface area contributed by atoms with E-state index in [4.69, 9.17) is 0 Å². The summed E-state index contributed by atoms with van der Waals surface area (Å²) >= 11 is 2.85. The van der Waals surface area contributed by atoms with Gasteiger partial charge in [-0.1, -0.05) is 23.1 Å². The first-order valence-electron chi connectivity index (χ1n) is 3.49. The van der Waals surface area contributed by atoms with Crippen molar-refractivity contribution in [3.05, 3.63) is 16.0 Å². The Bertz CT molecular complexity index is 503. The van der Waals surface area contributed by atoms with Crippen LogP contribution in [0.4, 0.5) is 0 Å². The van der Waals surface area contributed by atoms with E-state index in [-0.39, 0.29) is 5.56 Å². The molecule has 5 nitrogen and oxygen atoms in total. The first-order valence-corrected chi connectivity index (χ1v) is 5.53. The third-order valence-electron chi connectivity index (χ3n) is 1.50. The minimum atomic E-state index is -0.193. The monoisotopic (exact) mass is 214 g/mol. The number of hydrogen-bond donors (Lipinski definition) is 0. The molecule has 0 spiro atoms. The Hall–Kier alpha value is -0.950. The molecule has 68 valence electrons. The van der Waals surface area contributed by atoms with Gasteiger partial charge in [0.25, 0.3) is 5.56 Å². The summed E-state index contributed by atoms with van der Waals surface area (Å²) in [5.74, 6) is 0. The number of aromatic nitrogens is 4. The van der Waals surface area contributed by atoms with Crippen LogP contribution in [-0.2, 0) is 0 Å². The molecule has 0 saturated carbocycles. The number of fused-ring (bicyclic) bond motifs is 1. The van der Waals surface area contributed by atoms with Crippen LogP contribution in [0.1, 0.15) is 5.69 Å². The molecule has 2 aromatic heterocycles. The van der Waals surface area contributed by atoms with Crippen LogP contribution >= 0.6 is 23.1 Å². The zero-order valence-electron chi connectivity index (χ0n) is 7.01. The molecule has 0 radical (unpaired) electrons. The van der Waals surface area contributed by atoms with E-state index in [0.29, 0.717) is 10.7 Å². The molecule has 0 fully saturated rings. The summed E-state index contributed by atoms with van der Waals surface area (Å²) < 4.78 is 2.11. The summed E-state index contributed by atoms with van der Waals surface area (Å²) in [6.45, 7) is 1.62. The van der Waals surface area contributed by atoms with Crippen molar-refractivity contribution in [2.75, 3.05) is 6.26 Å². The van der Waals surface area contributed by atoms with Crippen LogP contribution in [0.5, 0.6) is 0 Å². The molecule has 2 heterocycles. The standard InChI is InChI=1S/C6H6N4OS2/c1-3-4(11)10-5(8-7-3)13-6(9-10)12-2/h1-2H3. The second-order valence-electron chi connectivity index (χ2n) is 2.36. The van der Waals surface area contributed by atoms with E-state index in [1.807, 2.05) is 6.26 Å². The third kappa shape index (κ3) is 1.33. The molecular formula is C6H6N4OS2. The highest BCUT2D eigenvalue weighted by atomic mass is 32.2. The van der Waals surface area contributed by atoms with E-state index in [0.717, 1.165) is 4.34 Å². The molecular weight excluding hydrogens is 208 g/mol. The van der Waals surface area contributed by atoms with Crippen LogP contribution in [0.2, 0.25) is 0 Å². The molecule has 13 heavy (non-hydrogen) atoms. The van der Waals surface area contributed by atoms with E-state index in [1.165, 1.54) is 27.6 Å². The Balaban J connectivity index is 2.84. The fourth-order valence-corrected chi connectivity index (χ4v) is 2.15. The van der Waals surface area contributed by atoms with Crippen molar-refractivity contribution in [3.8, 4) is 0 Å². The lowest BCUT2D eigenvalue weighted by Crippen LogP contribution is -2.19. The van der Waals surface area contributed by atoms with Crippen molar-refractivity contribution in [1.29, 1.82) is 0 Å². The molecule has 0 atom stereocenters. The van der Waals surface area contributed by atoms with Crippen molar-refractivity contribution in [2.24, 2.45) is 0 Å². The lowest BCUT2D eigenvalue weighted by Gasteiger charge is -1.88. The Labute approximate surface area is 81.8 Å². The quantitative estimate of drug-likeness (QED) is 0.650. The molecule has 0 saturated heterocycles. The van der Waals surface area contributed by atoms with Crippen molar-refractivity contribution >= 4 is 28.1 Å². The number of aryl methyl sites for hydroxylation is 1. The van der Waals surface area contributed by atoms with Crippen molar-refractivity contribution in [2.45, 2.75) is 11.3 Å². The minimum Gasteiger partial charge on any atom is -0.265 e. The van der Waals surface area contributed by atoms with Gasteiger partial charge >= 0.3 is 0 Å². The largest absolute Gasteiger partial charge is 0.296 e. The van der Waals surface area contributed by atoms with Crippen molar-refractivity contribution in [3.63, 3.8) is 0 Å². The molecule has 0 unspecified atom stereocenters. The predicted octanol–water partition coefficient (Wildman–Crippen LogP) is 0.576. The minimum absolute atomic E-state index is 0.193. The zero-order chi connectivity index (χ0) is 9.42. The van der Waals surface area contributed by atoms with Gasteiger partial charge in [-0.3, -0.25) is 4.79 Å². The number of nitrogens with zero attached hydrogens (tertiary/aromatic N) is 4. The number of thioether (sulfide) groups is 1. The fraction of sp³-hybridized carbons (Fsp3) is 0.333. The molecule has 0 aliphatic heterocycles. The molecule has 2 aromatic rings. The molecule has 0 aliphatic carbocycles. The highest BCUT2D eigenvalue weighted by molar-refractivity contribution is 8.00. The second-order valence-corrected chi connectivity index (χ2v) is 4.37. The van der Waals surface area contributed by atoms with Crippen molar-refractivity contribution < 1.29 is 0 Å². The van der Waals surface area contributed by atoms with E-state index >= 15 is 0 Å². The maximum Gasteiger partial charge on any atom is 0.296 e. The number of hydrogen-bond acceptors (Lipinski definition) is 6. The van der Waals surface area contributed by atoms with Gasteiger partial charge in [-0.2, -0.15) is 4.52 Å². The van der Waals surface area contributed by atoms with Gasteiger partial charge in [0.2, 0.25) is 4.96 Å². The summed E-state index contributed by atoms with van der Waals surface area (Å²) in [7, 11) is 0. The molecule has 0 aromatic carbocycles. The molecule has 0 amide bonds. The van der Waals surface area contributed by atoms with Crippen LogP contribution in [0.3, 0.4) is 0 Å². The summed E-state index contributed by atoms with van der Waals surface area (Å²) in [4.78, 5) is 12.0. The maximum absolute atomic E-state index is 11.5. The third-order valence-corrected chi connectivity index (χ3v) is 3.38. The maximum atomic E-state index is 11.5. The van der Waals surface area contributed by atoms with Gasteiger partial charge in [0.15, 0.2) is 4.34 Å². The van der Waals surface area contributed by atoms with Crippen LogP contribution in [0.15, 0.2) is 9.13 Å². The first-order chi connectivity index (χ1) is 6.22. The highest BCUT2D eigenvalue weighted by Gasteiger charge is 2.07. The lowest BCUT2D eigenvalue weighted by molar-refractivity contribution is 0.803.